The number of imidazole rings is 4. The minimum atomic E-state index is -5.43. The zero-order chi connectivity index (χ0) is 96.4. The smallest absolute Gasteiger partial charge is 0.397 e. The van der Waals surface area contributed by atoms with Crippen molar-refractivity contribution in [3.63, 3.8) is 0 Å². The second-order valence-electron chi connectivity index (χ2n) is 30.5. The second-order valence-corrected chi connectivity index (χ2v) is 48.6. The average molecular weight is 2160 g/mol. The first-order chi connectivity index (χ1) is 64.3. The van der Waals surface area contributed by atoms with Crippen molar-refractivity contribution in [1.82, 2.24) is 113 Å². The van der Waals surface area contributed by atoms with E-state index in [4.69, 9.17) is 138 Å². The number of rotatable bonds is 6. The van der Waals surface area contributed by atoms with E-state index in [1.54, 1.807) is 0 Å². The number of pyridine rings is 3. The van der Waals surface area contributed by atoms with Crippen LogP contribution in [0.15, 0.2) is 76.5 Å². The zero-order valence-electron chi connectivity index (χ0n) is 67.2. The van der Waals surface area contributed by atoms with Crippen LogP contribution in [-0.2, 0) is 118 Å². The maximum absolute atomic E-state index is 16.0. The number of thioether (sulfide) groups is 3. The van der Waals surface area contributed by atoms with Crippen LogP contribution in [0.3, 0.4) is 0 Å². The topological polar surface area (TPSA) is 756 Å². The standard InChI is InChI=1S/C21H23F2N9O8P2S3.C20H21F3N10O10P2S.C20H22F2N10O8P2S3/c22-10-9-4-37-42(35,44)39-14-8(38-19(11(14)23)31-5-27-12-7(24)1-2-26-16(12)31)3-36-41(34,43)40-15(10)20(45-9)32-6-28-13-17(32)29-21(25)30-18(13)33;21-9-8-4-40-45(37,38)43-13-7(41-18(20(13,22)23)33-14-10(30-31-33)6(24)1-2-26-14)3-39-44(35,36)42-12(9)17(46-8)32-5-27-11-15(32)28-19(25)29-16(11)34;21-9-8-4-37-42(35,44)39-13-7(38-18(10(13)22)32-15-11(29-30-32)6(23)1-2-25-15)3-36-41(34,43)40-14(9)19(45-8)31-5-26-12-16(31)27-20(24)28-17(12)33/h1-2,5-6,8-11,14-15,19-20H,3-4H2,(H2,24,26)(H,34,43)(H,35,44)(H3,25,29,30,33);1-2,5,7-9,12-13,17-18H,3-4H2,(H2,24,26)(H,35,36)(H,37,38)(H3,25,28,29,34);1-2,5,7-10,13-14,18-19H,3-4H2,(H2,23,25)(H,34,43)(H,35,44)(H3,24,27,28,33)/t8-,9-,10+,11+,14-,15-,19-,20-,41?,42?;7-,8-,9+,12-,13-,17-,18-;7-,8-,9+,10+,13-,14-,18-,19-,41?,42?/m111/s1. The van der Waals surface area contributed by atoms with E-state index in [-0.39, 0.29) is 90.7 Å². The van der Waals surface area contributed by atoms with E-state index >= 15 is 30.7 Å². The molecule has 9 fully saturated rings. The Kier molecular flexibility index (Phi) is 26.2. The number of nitrogens with zero attached hydrogens (tertiary/aromatic N) is 20. The number of anilines is 6. The Hall–Kier alpha value is -7.68. The summed E-state index contributed by atoms with van der Waals surface area (Å²) in [5.74, 6) is -4.93. The highest BCUT2D eigenvalue weighted by Gasteiger charge is 2.65. The number of H-pyrrole nitrogens is 3. The van der Waals surface area contributed by atoms with Crippen LogP contribution in [0.1, 0.15) is 34.8 Å². The van der Waals surface area contributed by atoms with Crippen LogP contribution in [0.2, 0.25) is 0 Å². The van der Waals surface area contributed by atoms with Gasteiger partial charge in [0.2, 0.25) is 24.1 Å². The number of nitrogens with one attached hydrogen (secondary N) is 3. The van der Waals surface area contributed by atoms with Gasteiger partial charge in [-0.05, 0) is 53.6 Å². The van der Waals surface area contributed by atoms with Gasteiger partial charge in [0.15, 0.2) is 92.4 Å². The third-order valence-corrected chi connectivity index (χ3v) is 34.6. The lowest BCUT2D eigenvalue weighted by atomic mass is 10.1. The van der Waals surface area contributed by atoms with Gasteiger partial charge in [0.05, 0.1) is 97.8 Å². The number of aromatic amines is 3. The van der Waals surface area contributed by atoms with Gasteiger partial charge >= 0.3 is 48.5 Å². The van der Waals surface area contributed by atoms with Crippen molar-refractivity contribution in [2.45, 2.75) is 142 Å². The van der Waals surface area contributed by atoms with Gasteiger partial charge in [-0.15, -0.1) is 45.5 Å². The number of nitrogens with two attached hydrogens (primary N) is 6. The molecular formula is C61H66F7N29O26P6S7. The molecule has 9 saturated heterocycles. The van der Waals surface area contributed by atoms with Crippen LogP contribution in [0, 0.1) is 0 Å². The molecule has 55 nitrogen and oxygen atoms in total. The van der Waals surface area contributed by atoms with Crippen LogP contribution in [-0.4, -0.2) is 285 Å². The lowest BCUT2D eigenvalue weighted by Gasteiger charge is -2.27. The third-order valence-electron chi connectivity index (χ3n) is 21.8. The molecule has 136 heavy (non-hydrogen) atoms. The summed E-state index contributed by atoms with van der Waals surface area (Å²) >= 11 is 22.1. The number of phosphoric ester groups is 2. The zero-order valence-corrected chi connectivity index (χ0v) is 78.4. The fourth-order valence-corrected chi connectivity index (χ4v) is 28.3. The molecule has 21 heterocycles. The van der Waals surface area contributed by atoms with Crippen LogP contribution in [0.4, 0.5) is 65.6 Å². The molecule has 21 rings (SSSR count). The highest BCUT2D eigenvalue weighted by Crippen LogP contribution is 2.64. The number of fused-ring (bicyclic) bond motifs is 15. The van der Waals surface area contributed by atoms with E-state index in [1.165, 1.54) is 69.5 Å². The molecule has 0 radical (unpaired) electrons. The lowest BCUT2D eigenvalue weighted by Crippen LogP contribution is -2.41. The van der Waals surface area contributed by atoms with Crippen molar-refractivity contribution < 1.29 is 137 Å². The van der Waals surface area contributed by atoms with Crippen molar-refractivity contribution in [3.05, 3.63) is 93.2 Å². The number of thiol groups is 1. The van der Waals surface area contributed by atoms with Crippen LogP contribution >= 0.6 is 90.1 Å². The quantitative estimate of drug-likeness (QED) is 0.0645. The second kappa shape index (κ2) is 36.7. The minimum absolute atomic E-state index is 0.0121. The lowest BCUT2D eigenvalue weighted by molar-refractivity contribution is -0.141. The summed E-state index contributed by atoms with van der Waals surface area (Å²) in [6, 6.07) is 4.36. The first-order valence-electron chi connectivity index (χ1n) is 38.9. The molecule has 0 saturated carbocycles. The van der Waals surface area contributed by atoms with Crippen molar-refractivity contribution in [2.75, 3.05) is 74.0 Å². The summed E-state index contributed by atoms with van der Waals surface area (Å²) in [6.07, 6.45) is -22.0. The average Bonchev–Trinajstić information content (AvgIpc) is 1.70. The molecule has 9 aliphatic heterocycles. The Balaban J connectivity index is 0.000000131. The molecule has 0 aromatic carbocycles. The van der Waals surface area contributed by atoms with Gasteiger partial charge < -0.3 is 86.7 Å². The maximum atomic E-state index is 16.0. The van der Waals surface area contributed by atoms with E-state index in [2.05, 4.69) is 97.7 Å². The molecule has 0 spiro atoms. The first kappa shape index (κ1) is 97.2. The van der Waals surface area contributed by atoms with Crippen molar-refractivity contribution >= 4 is 227 Å². The summed E-state index contributed by atoms with van der Waals surface area (Å²) in [7, 11) is -10.7. The summed E-state index contributed by atoms with van der Waals surface area (Å²) in [6.45, 7) is -21.7. The third kappa shape index (κ3) is 18.6. The molecule has 732 valence electrons. The predicted molar refractivity (Wildman–Crippen MR) is 472 cm³/mol. The molecule has 12 aromatic rings. The molecule has 12 aromatic heterocycles. The van der Waals surface area contributed by atoms with E-state index in [9.17, 15) is 52.5 Å². The number of phosphoric acid groups is 2. The van der Waals surface area contributed by atoms with E-state index in [1.807, 2.05) is 0 Å². The van der Waals surface area contributed by atoms with Crippen molar-refractivity contribution in [2.24, 2.45) is 0 Å². The number of ether oxygens (including phenoxy) is 3. The van der Waals surface area contributed by atoms with Crippen LogP contribution in [0.25, 0.3) is 67.0 Å². The number of hydrogen-bond donors (Lipinski definition) is 15. The van der Waals surface area contributed by atoms with Gasteiger partial charge in [0.25, 0.3) is 16.7 Å². The van der Waals surface area contributed by atoms with Gasteiger partial charge in [-0.25, -0.2) is 70.5 Å². The minimum Gasteiger partial charge on any atom is -0.397 e. The molecule has 20 N–H and O–H groups in total. The first-order valence-corrected chi connectivity index (χ1v) is 55.2. The molecular weight excluding hydrogens is 2100 g/mol. The van der Waals surface area contributed by atoms with Crippen LogP contribution < -0.4 is 51.1 Å². The fraction of sp³-hybridized carbons (Fsp3) is 0.492. The Morgan fingerprint density at radius 1 is 0.419 bits per heavy atom. The molecule has 6 bridgehead atoms. The number of nitrogen functional groups attached to an aromatic ring is 6. The predicted octanol–water partition coefficient (Wildman–Crippen LogP) is 3.18. The van der Waals surface area contributed by atoms with Gasteiger partial charge in [0, 0.05) is 18.6 Å². The number of aromatic nitrogens is 23. The monoisotopic (exact) mass is 2160 g/mol. The molecule has 0 amide bonds. The highest BCUT2D eigenvalue weighted by atomic mass is 32.7. The Labute approximate surface area is 782 Å². The van der Waals surface area contributed by atoms with E-state index in [0.29, 0.717) is 27.6 Å². The Bertz CT molecular complexity index is 6950. The highest BCUT2D eigenvalue weighted by molar-refractivity contribution is 8.44. The number of halogens is 7. The Morgan fingerprint density at radius 2 is 0.787 bits per heavy atom. The van der Waals surface area contributed by atoms with E-state index < -0.39 is 241 Å². The molecule has 0 aliphatic carbocycles. The maximum Gasteiger partial charge on any atom is 0.472 e. The van der Waals surface area contributed by atoms with Crippen molar-refractivity contribution in [1.29, 1.82) is 0 Å². The van der Waals surface area contributed by atoms with Gasteiger partial charge in [-0.3, -0.25) is 88.3 Å². The molecule has 75 heteroatoms. The summed E-state index contributed by atoms with van der Waals surface area (Å²) < 4.78 is 239. The van der Waals surface area contributed by atoms with Crippen molar-refractivity contribution in [3.8, 4) is 0 Å². The molecule has 6 unspecified atom stereocenters. The van der Waals surface area contributed by atoms with E-state index in [0.717, 1.165) is 39.1 Å². The fourth-order valence-electron chi connectivity index (χ4n) is 15.7. The SMILES string of the molecule is Nc1nc2c(ncn2[C@@H]2S[C@@H]3COP(=O)(O)O[C@@H]4[C@@H](COP(=O)(O)O[C@@H]2[C@H]3F)O[C@@H](n2nnc3c(N)ccnc32)C4(F)F)c(=O)[nH]1.Nc1nc2c(ncn2[C@@H]2S[C@@H]3COP(=O)(S)O[C@H]4[C@H](F)[C@H](n5cnc6c(N)ccnc65)O[C@@H]4COP(O)(=S)O[C@@H]2[C@H]3F)c(=O)[nH]1.Nc1nc2c(ncn2[C@@H]2S[C@@H]3COP(O)(=S)O[C@H]4[C@H](F)[C@H](n5nnc6c(N)ccnc65)O[C@@H]4COP(O)(=S)O[C@@H]2[C@H]3F)c(=O)[nH]1. The summed E-state index contributed by atoms with van der Waals surface area (Å²) in [5.41, 5.74) is 33.4. The largest absolute Gasteiger partial charge is 0.472 e. The summed E-state index contributed by atoms with van der Waals surface area (Å²) in [5, 5.41) is 8.24. The molecule has 9 aliphatic rings. The molecule has 29 atom stereocenters. The normalized spacial score (nSPS) is 37.3. The number of alkyl halides is 7. The number of hydrogen-bond acceptors (Lipinski definition) is 47. The van der Waals surface area contributed by atoms with Crippen LogP contribution in [0.5, 0.6) is 0 Å². The Morgan fingerprint density at radius 3 is 1.28 bits per heavy atom. The van der Waals surface area contributed by atoms with Gasteiger partial charge in [-0.2, -0.15) is 33.1 Å². The summed E-state index contributed by atoms with van der Waals surface area (Å²) in [4.78, 5) is 139. The van der Waals surface area contributed by atoms with Gasteiger partial charge in [-0.1, -0.05) is 22.7 Å². The van der Waals surface area contributed by atoms with Gasteiger partial charge in [0.1, 0.15) is 89.0 Å².